The van der Waals surface area contributed by atoms with E-state index in [-0.39, 0.29) is 5.91 Å². The van der Waals surface area contributed by atoms with Crippen LogP contribution in [0.2, 0.25) is 0 Å². The molecule has 2 rings (SSSR count). The minimum atomic E-state index is 0.148. The van der Waals surface area contributed by atoms with E-state index in [1.165, 1.54) is 5.56 Å². The Morgan fingerprint density at radius 1 is 1.16 bits per heavy atom. The molecule has 1 heterocycles. The summed E-state index contributed by atoms with van der Waals surface area (Å²) in [7, 11) is 0. The van der Waals surface area contributed by atoms with E-state index in [1.807, 2.05) is 29.2 Å². The summed E-state index contributed by atoms with van der Waals surface area (Å²) in [5.74, 6) is 0.148. The van der Waals surface area contributed by atoms with Crippen LogP contribution in [0.1, 0.15) is 22.8 Å². The summed E-state index contributed by atoms with van der Waals surface area (Å²) < 4.78 is 0. The van der Waals surface area contributed by atoms with Crippen LogP contribution < -0.4 is 5.73 Å². The molecule has 1 fully saturated rings. The second-order valence-corrected chi connectivity index (χ2v) is 4.96. The van der Waals surface area contributed by atoms with Crippen molar-refractivity contribution in [2.75, 3.05) is 39.3 Å². The summed E-state index contributed by atoms with van der Waals surface area (Å²) >= 11 is 0. The number of carbonyl (C=O) groups excluding carboxylic acids is 1. The van der Waals surface area contributed by atoms with E-state index in [2.05, 4.69) is 11.8 Å². The molecule has 0 aromatic heterocycles. The van der Waals surface area contributed by atoms with Gasteiger partial charge >= 0.3 is 0 Å². The second kappa shape index (κ2) is 6.68. The van der Waals surface area contributed by atoms with Gasteiger partial charge in [0.15, 0.2) is 0 Å². The van der Waals surface area contributed by atoms with Gasteiger partial charge in [-0.05, 0) is 37.2 Å². The molecule has 0 spiro atoms. The van der Waals surface area contributed by atoms with Gasteiger partial charge in [-0.15, -0.1) is 0 Å². The van der Waals surface area contributed by atoms with Gasteiger partial charge in [-0.25, -0.2) is 0 Å². The predicted octanol–water partition coefficient (Wildman–Crippen LogP) is 0.965. The summed E-state index contributed by atoms with van der Waals surface area (Å²) in [6.07, 6.45) is 0.865. The van der Waals surface area contributed by atoms with Gasteiger partial charge in [0.1, 0.15) is 0 Å². The quantitative estimate of drug-likeness (QED) is 0.878. The van der Waals surface area contributed by atoms with Crippen molar-refractivity contribution in [1.29, 1.82) is 0 Å². The summed E-state index contributed by atoms with van der Waals surface area (Å²) in [4.78, 5) is 16.7. The number of hydrogen-bond donors (Lipinski definition) is 1. The Bertz CT molecular complexity index is 408. The monoisotopic (exact) mass is 261 g/mol. The molecule has 0 atom stereocenters. The van der Waals surface area contributed by atoms with Crippen LogP contribution in [0, 0.1) is 0 Å². The van der Waals surface area contributed by atoms with Crippen LogP contribution in [0.15, 0.2) is 24.3 Å². The van der Waals surface area contributed by atoms with Gasteiger partial charge in [-0.2, -0.15) is 0 Å². The van der Waals surface area contributed by atoms with Crippen LogP contribution in [-0.4, -0.2) is 55.0 Å². The molecule has 4 heteroatoms. The molecule has 1 aromatic rings. The van der Waals surface area contributed by atoms with Crippen molar-refractivity contribution >= 4 is 5.91 Å². The minimum Gasteiger partial charge on any atom is -0.336 e. The predicted molar refractivity (Wildman–Crippen MR) is 77.2 cm³/mol. The van der Waals surface area contributed by atoms with E-state index in [1.54, 1.807) is 0 Å². The topological polar surface area (TPSA) is 49.6 Å². The number of piperazine rings is 1. The van der Waals surface area contributed by atoms with E-state index in [0.717, 1.165) is 44.7 Å². The number of rotatable bonds is 4. The number of carbonyl (C=O) groups is 1. The van der Waals surface area contributed by atoms with Crippen LogP contribution in [0.25, 0.3) is 0 Å². The van der Waals surface area contributed by atoms with Crippen LogP contribution in [0.4, 0.5) is 0 Å². The molecule has 1 aliphatic heterocycles. The summed E-state index contributed by atoms with van der Waals surface area (Å²) in [5, 5.41) is 0. The first-order valence-electron chi connectivity index (χ1n) is 7.05. The van der Waals surface area contributed by atoms with Crippen molar-refractivity contribution in [3.8, 4) is 0 Å². The Morgan fingerprint density at radius 2 is 1.79 bits per heavy atom. The first-order valence-corrected chi connectivity index (χ1v) is 7.05. The van der Waals surface area contributed by atoms with Crippen molar-refractivity contribution in [2.45, 2.75) is 13.3 Å². The van der Waals surface area contributed by atoms with Gasteiger partial charge < -0.3 is 15.5 Å². The van der Waals surface area contributed by atoms with Gasteiger partial charge in [0.05, 0.1) is 0 Å². The Labute approximate surface area is 115 Å². The molecule has 19 heavy (non-hydrogen) atoms. The second-order valence-electron chi connectivity index (χ2n) is 4.96. The van der Waals surface area contributed by atoms with Gasteiger partial charge in [-0.3, -0.25) is 4.79 Å². The third kappa shape index (κ3) is 3.55. The molecule has 1 aromatic carbocycles. The van der Waals surface area contributed by atoms with Crippen molar-refractivity contribution in [3.05, 3.63) is 35.4 Å². The van der Waals surface area contributed by atoms with Crippen LogP contribution in [0.5, 0.6) is 0 Å². The number of nitrogens with two attached hydrogens (primary N) is 1. The maximum Gasteiger partial charge on any atom is 0.253 e. The molecule has 0 radical (unpaired) electrons. The Hall–Kier alpha value is -1.39. The lowest BCUT2D eigenvalue weighted by Crippen LogP contribution is -2.48. The van der Waals surface area contributed by atoms with E-state index >= 15 is 0 Å². The average Bonchev–Trinajstić information content (AvgIpc) is 2.48. The summed E-state index contributed by atoms with van der Waals surface area (Å²) in [6, 6.07) is 7.84. The number of benzene rings is 1. The van der Waals surface area contributed by atoms with Crippen molar-refractivity contribution in [1.82, 2.24) is 9.80 Å². The number of likely N-dealkylation sites (N-methyl/N-ethyl adjacent to an activating group) is 1. The van der Waals surface area contributed by atoms with Gasteiger partial charge in [-0.1, -0.05) is 19.1 Å². The SMILES string of the molecule is CCN1CCN(C(=O)c2ccc(CCN)cc2)CC1. The zero-order chi connectivity index (χ0) is 13.7. The third-order valence-electron chi connectivity index (χ3n) is 3.74. The smallest absolute Gasteiger partial charge is 0.253 e. The molecular weight excluding hydrogens is 238 g/mol. The van der Waals surface area contributed by atoms with Crippen molar-refractivity contribution in [2.24, 2.45) is 5.73 Å². The molecule has 0 bridgehead atoms. The fourth-order valence-corrected chi connectivity index (χ4v) is 2.43. The zero-order valence-electron chi connectivity index (χ0n) is 11.6. The highest BCUT2D eigenvalue weighted by atomic mass is 16.2. The lowest BCUT2D eigenvalue weighted by molar-refractivity contribution is 0.0643. The normalized spacial score (nSPS) is 16.6. The first kappa shape index (κ1) is 14.0. The molecular formula is C15H23N3O. The fourth-order valence-electron chi connectivity index (χ4n) is 2.43. The molecule has 0 saturated carbocycles. The fraction of sp³-hybridized carbons (Fsp3) is 0.533. The Kier molecular flexibility index (Phi) is 4.93. The summed E-state index contributed by atoms with van der Waals surface area (Å²) in [6.45, 7) is 7.49. The van der Waals surface area contributed by atoms with Gasteiger partial charge in [0.2, 0.25) is 0 Å². The molecule has 4 nitrogen and oxygen atoms in total. The number of amides is 1. The highest BCUT2D eigenvalue weighted by molar-refractivity contribution is 5.94. The standard InChI is InChI=1S/C15H23N3O/c1-2-17-9-11-18(12-10-17)15(19)14-5-3-13(4-6-14)7-8-16/h3-6H,2,7-12,16H2,1H3. The molecule has 0 unspecified atom stereocenters. The van der Waals surface area contributed by atoms with E-state index in [4.69, 9.17) is 5.73 Å². The van der Waals surface area contributed by atoms with Gasteiger partial charge in [0.25, 0.3) is 5.91 Å². The first-order chi connectivity index (χ1) is 9.24. The highest BCUT2D eigenvalue weighted by Crippen LogP contribution is 2.10. The van der Waals surface area contributed by atoms with Crippen LogP contribution in [0.3, 0.4) is 0 Å². The molecule has 1 aliphatic rings. The number of nitrogens with zero attached hydrogens (tertiary/aromatic N) is 2. The zero-order valence-corrected chi connectivity index (χ0v) is 11.6. The molecule has 0 aliphatic carbocycles. The van der Waals surface area contributed by atoms with Crippen LogP contribution in [-0.2, 0) is 6.42 Å². The Morgan fingerprint density at radius 3 is 2.32 bits per heavy atom. The minimum absolute atomic E-state index is 0.148. The maximum atomic E-state index is 12.3. The van der Waals surface area contributed by atoms with E-state index < -0.39 is 0 Å². The molecule has 2 N–H and O–H groups in total. The molecule has 1 saturated heterocycles. The van der Waals surface area contributed by atoms with Gasteiger partial charge in [0, 0.05) is 31.7 Å². The third-order valence-corrected chi connectivity index (χ3v) is 3.74. The maximum absolute atomic E-state index is 12.3. The Balaban J connectivity index is 1.96. The van der Waals surface area contributed by atoms with Crippen LogP contribution >= 0.6 is 0 Å². The van der Waals surface area contributed by atoms with E-state index in [9.17, 15) is 4.79 Å². The van der Waals surface area contributed by atoms with Crippen molar-refractivity contribution in [3.63, 3.8) is 0 Å². The lowest BCUT2D eigenvalue weighted by Gasteiger charge is -2.34. The largest absolute Gasteiger partial charge is 0.336 e. The van der Waals surface area contributed by atoms with Crippen molar-refractivity contribution < 1.29 is 4.79 Å². The summed E-state index contributed by atoms with van der Waals surface area (Å²) in [5.41, 5.74) is 7.49. The molecule has 104 valence electrons. The highest BCUT2D eigenvalue weighted by Gasteiger charge is 2.20. The van der Waals surface area contributed by atoms with E-state index in [0.29, 0.717) is 6.54 Å². The molecule has 1 amide bonds. The number of hydrogen-bond acceptors (Lipinski definition) is 3. The lowest BCUT2D eigenvalue weighted by atomic mass is 10.1. The average molecular weight is 261 g/mol.